The van der Waals surface area contributed by atoms with Gasteiger partial charge in [-0.3, -0.25) is 0 Å². The number of hydrogen-bond donors (Lipinski definition) is 1. The van der Waals surface area contributed by atoms with E-state index < -0.39 is 0 Å². The monoisotopic (exact) mass is 249 g/mol. The standard InChI is InChI=1S/C16H27NO/c1-4-16(3,18-5-2)15(17)13-9-12-14-10-7-6-8-11-14/h6-8,10-11,15H,4-5,9,12-13,17H2,1-3H3. The van der Waals surface area contributed by atoms with Crippen LogP contribution < -0.4 is 5.73 Å². The molecule has 0 aliphatic heterocycles. The van der Waals surface area contributed by atoms with Crippen LogP contribution in [0.25, 0.3) is 0 Å². The number of rotatable bonds is 8. The van der Waals surface area contributed by atoms with Crippen LogP contribution in [-0.2, 0) is 11.2 Å². The first-order chi connectivity index (χ1) is 8.62. The van der Waals surface area contributed by atoms with Crippen molar-refractivity contribution in [3.63, 3.8) is 0 Å². The van der Waals surface area contributed by atoms with Crippen LogP contribution in [0.2, 0.25) is 0 Å². The quantitative estimate of drug-likeness (QED) is 0.765. The van der Waals surface area contributed by atoms with Gasteiger partial charge in [0.2, 0.25) is 0 Å². The van der Waals surface area contributed by atoms with Gasteiger partial charge in [-0.25, -0.2) is 0 Å². The fourth-order valence-corrected chi connectivity index (χ4v) is 2.28. The Kier molecular flexibility index (Phi) is 6.37. The summed E-state index contributed by atoms with van der Waals surface area (Å²) in [6, 6.07) is 10.7. The Balaban J connectivity index is 2.38. The molecule has 1 rings (SSSR count). The van der Waals surface area contributed by atoms with Crippen molar-refractivity contribution in [1.82, 2.24) is 0 Å². The molecule has 2 N–H and O–H groups in total. The molecule has 0 spiro atoms. The minimum absolute atomic E-state index is 0.117. The molecular weight excluding hydrogens is 222 g/mol. The highest BCUT2D eigenvalue weighted by Crippen LogP contribution is 2.22. The number of benzene rings is 1. The Bertz CT molecular complexity index is 325. The highest BCUT2D eigenvalue weighted by molar-refractivity contribution is 5.14. The zero-order valence-corrected chi connectivity index (χ0v) is 12.0. The summed E-state index contributed by atoms with van der Waals surface area (Å²) in [5.74, 6) is 0. The first kappa shape index (κ1) is 15.2. The Labute approximate surface area is 112 Å². The van der Waals surface area contributed by atoms with Crippen LogP contribution in [0, 0.1) is 0 Å². The first-order valence-electron chi connectivity index (χ1n) is 7.06. The molecule has 2 unspecified atom stereocenters. The van der Waals surface area contributed by atoms with Crippen molar-refractivity contribution < 1.29 is 4.74 Å². The van der Waals surface area contributed by atoms with Gasteiger partial charge in [-0.2, -0.15) is 0 Å². The molecule has 0 amide bonds. The Morgan fingerprint density at radius 3 is 2.44 bits per heavy atom. The van der Waals surface area contributed by atoms with Gasteiger partial charge in [0.15, 0.2) is 0 Å². The number of hydrogen-bond acceptors (Lipinski definition) is 2. The van der Waals surface area contributed by atoms with Gasteiger partial charge in [0.05, 0.1) is 5.60 Å². The van der Waals surface area contributed by atoms with Crippen molar-refractivity contribution in [1.29, 1.82) is 0 Å². The average molecular weight is 249 g/mol. The van der Waals surface area contributed by atoms with Crippen LogP contribution in [0.5, 0.6) is 0 Å². The summed E-state index contributed by atoms with van der Waals surface area (Å²) in [5, 5.41) is 0. The highest BCUT2D eigenvalue weighted by Gasteiger charge is 2.29. The van der Waals surface area contributed by atoms with Crippen molar-refractivity contribution >= 4 is 0 Å². The summed E-state index contributed by atoms with van der Waals surface area (Å²) in [4.78, 5) is 0. The van der Waals surface area contributed by atoms with E-state index in [0.29, 0.717) is 0 Å². The average Bonchev–Trinajstić information content (AvgIpc) is 2.40. The van der Waals surface area contributed by atoms with Crippen molar-refractivity contribution in [2.24, 2.45) is 5.73 Å². The molecule has 0 aromatic heterocycles. The van der Waals surface area contributed by atoms with E-state index >= 15 is 0 Å². The van der Waals surface area contributed by atoms with E-state index in [1.165, 1.54) is 5.56 Å². The molecule has 1 aromatic rings. The SMILES string of the molecule is CCOC(C)(CC)C(N)CCCc1ccccc1. The molecule has 2 heteroatoms. The van der Waals surface area contributed by atoms with Gasteiger partial charge in [-0.05, 0) is 45.1 Å². The fourth-order valence-electron chi connectivity index (χ4n) is 2.28. The Hall–Kier alpha value is -0.860. The van der Waals surface area contributed by atoms with E-state index in [1.807, 2.05) is 6.92 Å². The van der Waals surface area contributed by atoms with Gasteiger partial charge in [0.25, 0.3) is 0 Å². The molecule has 0 aliphatic rings. The van der Waals surface area contributed by atoms with Crippen LogP contribution in [0.15, 0.2) is 30.3 Å². The maximum atomic E-state index is 6.29. The van der Waals surface area contributed by atoms with Crippen LogP contribution in [0.1, 0.15) is 45.6 Å². The Morgan fingerprint density at radius 2 is 1.89 bits per heavy atom. The van der Waals surface area contributed by atoms with Crippen LogP contribution in [0.3, 0.4) is 0 Å². The van der Waals surface area contributed by atoms with Crippen LogP contribution in [-0.4, -0.2) is 18.2 Å². The lowest BCUT2D eigenvalue weighted by Gasteiger charge is -2.34. The predicted octanol–water partition coefficient (Wildman–Crippen LogP) is 3.54. The maximum absolute atomic E-state index is 6.29. The molecule has 1 aromatic carbocycles. The maximum Gasteiger partial charge on any atom is 0.0801 e. The summed E-state index contributed by atoms with van der Waals surface area (Å²) >= 11 is 0. The molecule has 0 saturated carbocycles. The summed E-state index contributed by atoms with van der Waals surface area (Å²) in [6.45, 7) is 7.04. The van der Waals surface area contributed by atoms with Gasteiger partial charge >= 0.3 is 0 Å². The second-order valence-electron chi connectivity index (χ2n) is 5.08. The molecule has 0 saturated heterocycles. The number of nitrogens with two attached hydrogens (primary N) is 1. The van der Waals surface area contributed by atoms with Gasteiger partial charge < -0.3 is 10.5 Å². The molecule has 18 heavy (non-hydrogen) atoms. The minimum Gasteiger partial charge on any atom is -0.374 e. The van der Waals surface area contributed by atoms with Gasteiger partial charge in [0, 0.05) is 12.6 Å². The zero-order valence-electron chi connectivity index (χ0n) is 12.0. The van der Waals surface area contributed by atoms with Crippen molar-refractivity contribution in [3.8, 4) is 0 Å². The third-order valence-corrected chi connectivity index (χ3v) is 3.78. The second-order valence-corrected chi connectivity index (χ2v) is 5.08. The van der Waals surface area contributed by atoms with Crippen LogP contribution >= 0.6 is 0 Å². The lowest BCUT2D eigenvalue weighted by atomic mass is 9.89. The first-order valence-corrected chi connectivity index (χ1v) is 7.06. The van der Waals surface area contributed by atoms with E-state index in [2.05, 4.69) is 44.2 Å². The summed E-state index contributed by atoms with van der Waals surface area (Å²) in [7, 11) is 0. The molecular formula is C16H27NO. The summed E-state index contributed by atoms with van der Waals surface area (Å²) in [5.41, 5.74) is 7.50. The second kappa shape index (κ2) is 7.55. The minimum atomic E-state index is -0.175. The third-order valence-electron chi connectivity index (χ3n) is 3.78. The van der Waals surface area contributed by atoms with Crippen molar-refractivity contribution in [2.75, 3.05) is 6.61 Å². The molecule has 0 heterocycles. The molecule has 0 bridgehead atoms. The molecule has 0 radical (unpaired) electrons. The molecule has 0 aliphatic carbocycles. The van der Waals surface area contributed by atoms with Gasteiger partial charge in [-0.15, -0.1) is 0 Å². The summed E-state index contributed by atoms with van der Waals surface area (Å²) in [6.07, 6.45) is 4.20. The smallest absolute Gasteiger partial charge is 0.0801 e. The topological polar surface area (TPSA) is 35.2 Å². The van der Waals surface area contributed by atoms with E-state index in [-0.39, 0.29) is 11.6 Å². The van der Waals surface area contributed by atoms with Crippen molar-refractivity contribution in [3.05, 3.63) is 35.9 Å². The molecule has 102 valence electrons. The Morgan fingerprint density at radius 1 is 1.22 bits per heavy atom. The third kappa shape index (κ3) is 4.43. The van der Waals surface area contributed by atoms with E-state index in [1.54, 1.807) is 0 Å². The summed E-state index contributed by atoms with van der Waals surface area (Å²) < 4.78 is 5.82. The predicted molar refractivity (Wildman–Crippen MR) is 77.7 cm³/mol. The van der Waals surface area contributed by atoms with E-state index in [0.717, 1.165) is 32.3 Å². The van der Waals surface area contributed by atoms with Crippen molar-refractivity contribution in [2.45, 2.75) is 58.1 Å². The normalized spacial score (nSPS) is 16.2. The molecule has 0 fully saturated rings. The van der Waals surface area contributed by atoms with E-state index in [4.69, 9.17) is 10.5 Å². The lowest BCUT2D eigenvalue weighted by Crippen LogP contribution is -2.47. The lowest BCUT2D eigenvalue weighted by molar-refractivity contribution is -0.0482. The zero-order chi connectivity index (χ0) is 13.4. The fraction of sp³-hybridized carbons (Fsp3) is 0.625. The molecule has 2 nitrogen and oxygen atoms in total. The highest BCUT2D eigenvalue weighted by atomic mass is 16.5. The van der Waals surface area contributed by atoms with Crippen LogP contribution in [0.4, 0.5) is 0 Å². The largest absolute Gasteiger partial charge is 0.374 e. The number of ether oxygens (including phenoxy) is 1. The molecule has 2 atom stereocenters. The van der Waals surface area contributed by atoms with Gasteiger partial charge in [-0.1, -0.05) is 37.3 Å². The van der Waals surface area contributed by atoms with E-state index in [9.17, 15) is 0 Å². The van der Waals surface area contributed by atoms with Gasteiger partial charge in [0.1, 0.15) is 0 Å². The number of aryl methyl sites for hydroxylation is 1.